The van der Waals surface area contributed by atoms with E-state index in [1.54, 1.807) is 0 Å². The molecule has 1 aliphatic heterocycles. The van der Waals surface area contributed by atoms with Gasteiger partial charge in [0.25, 0.3) is 5.91 Å². The first-order valence-electron chi connectivity index (χ1n) is 6.43. The Hall–Kier alpha value is -0.900. The zero-order chi connectivity index (χ0) is 15.6. The first kappa shape index (κ1) is 19.1. The Bertz CT molecular complexity index is 512. The van der Waals surface area contributed by atoms with Crippen molar-refractivity contribution in [3.63, 3.8) is 0 Å². The Labute approximate surface area is 136 Å². The summed E-state index contributed by atoms with van der Waals surface area (Å²) in [6, 6.07) is 0. The second-order valence-electron chi connectivity index (χ2n) is 4.88. The Morgan fingerprint density at radius 1 is 1.55 bits per heavy atom. The maximum atomic E-state index is 12.5. The molecule has 126 valence electrons. The highest BCUT2D eigenvalue weighted by Crippen LogP contribution is 2.30. The molecular formula is C12H17ClF3N3O2S. The van der Waals surface area contributed by atoms with Gasteiger partial charge in [-0.3, -0.25) is 4.79 Å². The van der Waals surface area contributed by atoms with Crippen LogP contribution >= 0.6 is 23.7 Å². The van der Waals surface area contributed by atoms with Crippen LogP contribution in [-0.2, 0) is 22.3 Å². The van der Waals surface area contributed by atoms with Crippen molar-refractivity contribution in [1.29, 1.82) is 0 Å². The second kappa shape index (κ2) is 7.58. The van der Waals surface area contributed by atoms with Crippen LogP contribution in [0, 0.1) is 0 Å². The van der Waals surface area contributed by atoms with E-state index < -0.39 is 18.0 Å². The molecule has 0 bridgehead atoms. The zero-order valence-corrected chi connectivity index (χ0v) is 13.4. The third kappa shape index (κ3) is 4.55. The average molecular weight is 360 g/mol. The van der Waals surface area contributed by atoms with Gasteiger partial charge in [-0.25, -0.2) is 4.98 Å². The van der Waals surface area contributed by atoms with Crippen molar-refractivity contribution in [1.82, 2.24) is 9.88 Å². The van der Waals surface area contributed by atoms with Gasteiger partial charge in [0.15, 0.2) is 5.69 Å². The maximum Gasteiger partial charge on any atom is 0.434 e. The fraction of sp³-hybridized carbons (Fsp3) is 0.667. The second-order valence-corrected chi connectivity index (χ2v) is 5.82. The van der Waals surface area contributed by atoms with Gasteiger partial charge in [-0.15, -0.1) is 23.7 Å². The fourth-order valence-corrected chi connectivity index (χ4v) is 2.95. The predicted molar refractivity (Wildman–Crippen MR) is 77.8 cm³/mol. The van der Waals surface area contributed by atoms with Gasteiger partial charge in [0, 0.05) is 19.0 Å². The molecule has 10 heteroatoms. The van der Waals surface area contributed by atoms with Gasteiger partial charge in [-0.2, -0.15) is 13.2 Å². The van der Waals surface area contributed by atoms with Gasteiger partial charge in [0.2, 0.25) is 0 Å². The molecule has 0 unspecified atom stereocenters. The molecule has 0 aromatic carbocycles. The van der Waals surface area contributed by atoms with Crippen molar-refractivity contribution in [3.8, 4) is 0 Å². The molecule has 0 aliphatic carbocycles. The molecule has 0 saturated carbocycles. The van der Waals surface area contributed by atoms with Crippen LogP contribution in [0.5, 0.6) is 0 Å². The van der Waals surface area contributed by atoms with Gasteiger partial charge in [-0.1, -0.05) is 0 Å². The normalized spacial score (nSPS) is 21.5. The molecule has 2 heterocycles. The Morgan fingerprint density at radius 2 is 2.23 bits per heavy atom. The van der Waals surface area contributed by atoms with Crippen LogP contribution in [0.25, 0.3) is 0 Å². The summed E-state index contributed by atoms with van der Waals surface area (Å²) < 4.78 is 42.8. The van der Waals surface area contributed by atoms with Gasteiger partial charge in [0.05, 0.1) is 12.6 Å². The van der Waals surface area contributed by atoms with Crippen molar-refractivity contribution in [2.24, 2.45) is 5.73 Å². The number of thiazole rings is 1. The van der Waals surface area contributed by atoms with Crippen LogP contribution in [-0.4, -0.2) is 41.6 Å². The number of nitrogens with zero attached hydrogens (tertiary/aromatic N) is 2. The number of ether oxygens (including phenoxy) is 1. The van der Waals surface area contributed by atoms with Crippen molar-refractivity contribution < 1.29 is 22.7 Å². The van der Waals surface area contributed by atoms with Crippen LogP contribution in [0.3, 0.4) is 0 Å². The summed E-state index contributed by atoms with van der Waals surface area (Å²) in [5.74, 6) is -0.255. The highest BCUT2D eigenvalue weighted by molar-refractivity contribution is 7.09. The van der Waals surface area contributed by atoms with Crippen LogP contribution < -0.4 is 5.73 Å². The Kier molecular flexibility index (Phi) is 6.60. The summed E-state index contributed by atoms with van der Waals surface area (Å²) >= 11 is 0.884. The minimum atomic E-state index is -4.46. The smallest absolute Gasteiger partial charge is 0.364 e. The Balaban J connectivity index is 0.00000242. The number of likely N-dealkylation sites (N-methyl/N-ethyl adjacent to an activating group) is 1. The first-order valence-corrected chi connectivity index (χ1v) is 7.31. The summed E-state index contributed by atoms with van der Waals surface area (Å²) in [6.07, 6.45) is -3.85. The minimum absolute atomic E-state index is 0. The van der Waals surface area contributed by atoms with Crippen molar-refractivity contribution in [2.45, 2.75) is 37.8 Å². The van der Waals surface area contributed by atoms with Gasteiger partial charge in [-0.05, 0) is 12.8 Å². The third-order valence-corrected chi connectivity index (χ3v) is 4.07. The quantitative estimate of drug-likeness (QED) is 0.893. The molecule has 1 aliphatic rings. The molecule has 1 aromatic heterocycles. The predicted octanol–water partition coefficient (Wildman–Crippen LogP) is 2.05. The lowest BCUT2D eigenvalue weighted by Crippen LogP contribution is -2.36. The molecule has 0 radical (unpaired) electrons. The van der Waals surface area contributed by atoms with Crippen molar-refractivity contribution in [2.75, 3.05) is 13.6 Å². The Morgan fingerprint density at radius 3 is 2.73 bits per heavy atom. The number of alkyl halides is 3. The molecule has 2 rings (SSSR count). The number of nitrogens with two attached hydrogens (primary N) is 1. The molecular weight excluding hydrogens is 343 g/mol. The highest BCUT2D eigenvalue weighted by Gasteiger charge is 2.35. The molecule has 2 atom stereocenters. The molecule has 5 nitrogen and oxygen atoms in total. The van der Waals surface area contributed by atoms with E-state index in [1.807, 2.05) is 0 Å². The number of aromatic nitrogens is 1. The number of carbonyl (C=O) groups excluding carboxylic acids is 1. The summed E-state index contributed by atoms with van der Waals surface area (Å²) in [6.45, 7) is 0.391. The maximum absolute atomic E-state index is 12.5. The molecule has 1 saturated heterocycles. The SMILES string of the molecule is CN(Cc1nc(C(F)(F)F)cs1)C(=O)[C@@H]1CC[C@H](CN)O1.Cl. The molecule has 2 N–H and O–H groups in total. The number of hydrogen-bond acceptors (Lipinski definition) is 5. The average Bonchev–Trinajstić information content (AvgIpc) is 3.05. The van der Waals surface area contributed by atoms with Crippen LogP contribution in [0.2, 0.25) is 0 Å². The fourth-order valence-electron chi connectivity index (χ4n) is 2.10. The number of rotatable bonds is 4. The van der Waals surface area contributed by atoms with E-state index in [4.69, 9.17) is 10.5 Å². The lowest BCUT2D eigenvalue weighted by Gasteiger charge is -2.20. The molecule has 1 amide bonds. The molecule has 1 fully saturated rings. The first-order chi connectivity index (χ1) is 9.81. The number of amides is 1. The van der Waals surface area contributed by atoms with E-state index in [0.29, 0.717) is 13.0 Å². The van der Waals surface area contributed by atoms with Gasteiger partial charge in [0.1, 0.15) is 11.1 Å². The minimum Gasteiger partial charge on any atom is -0.364 e. The van der Waals surface area contributed by atoms with Gasteiger partial charge < -0.3 is 15.4 Å². The number of hydrogen-bond donors (Lipinski definition) is 1. The molecule has 0 spiro atoms. The molecule has 22 heavy (non-hydrogen) atoms. The third-order valence-electron chi connectivity index (χ3n) is 3.24. The van der Waals surface area contributed by atoms with E-state index >= 15 is 0 Å². The lowest BCUT2D eigenvalue weighted by molar-refractivity contribution is -0.142. The van der Waals surface area contributed by atoms with Crippen molar-refractivity contribution in [3.05, 3.63) is 16.1 Å². The summed E-state index contributed by atoms with van der Waals surface area (Å²) in [5, 5.41) is 1.19. The number of carbonyl (C=O) groups is 1. The van der Waals surface area contributed by atoms with Crippen LogP contribution in [0.1, 0.15) is 23.5 Å². The largest absolute Gasteiger partial charge is 0.434 e. The summed E-state index contributed by atoms with van der Waals surface area (Å²) in [4.78, 5) is 17.0. The van der Waals surface area contributed by atoms with E-state index in [-0.39, 0.29) is 36.0 Å². The van der Waals surface area contributed by atoms with Gasteiger partial charge >= 0.3 is 6.18 Å². The standard InChI is InChI=1S/C12H16F3N3O2S.ClH/c1-18(11(19)8-3-2-7(4-16)20-8)5-10-17-9(6-21-10)12(13,14)15;/h6-8H,2-5,16H2,1H3;1H/t7-,8+;/m1./s1. The summed E-state index contributed by atoms with van der Waals surface area (Å²) in [5.41, 5.74) is 4.55. The van der Waals surface area contributed by atoms with E-state index in [1.165, 1.54) is 11.9 Å². The van der Waals surface area contributed by atoms with Crippen LogP contribution in [0.4, 0.5) is 13.2 Å². The topological polar surface area (TPSA) is 68.5 Å². The van der Waals surface area contributed by atoms with E-state index in [2.05, 4.69) is 4.98 Å². The monoisotopic (exact) mass is 359 g/mol. The molecule has 1 aromatic rings. The van der Waals surface area contributed by atoms with Crippen LogP contribution in [0.15, 0.2) is 5.38 Å². The van der Waals surface area contributed by atoms with E-state index in [0.717, 1.165) is 23.1 Å². The van der Waals surface area contributed by atoms with Crippen molar-refractivity contribution >= 4 is 29.7 Å². The lowest BCUT2D eigenvalue weighted by atomic mass is 10.2. The number of halogens is 4. The summed E-state index contributed by atoms with van der Waals surface area (Å²) in [7, 11) is 1.52. The zero-order valence-electron chi connectivity index (χ0n) is 11.8. The highest BCUT2D eigenvalue weighted by atomic mass is 35.5. The van der Waals surface area contributed by atoms with E-state index in [9.17, 15) is 18.0 Å².